The van der Waals surface area contributed by atoms with E-state index in [9.17, 15) is 0 Å². The Morgan fingerprint density at radius 2 is 1.60 bits per heavy atom. The van der Waals surface area contributed by atoms with Crippen LogP contribution in [-0.2, 0) is 32.7 Å². The molecule has 0 amide bonds. The largest absolute Gasteiger partial charge is 3.00 e. The molecule has 1 rings (SSSR count). The Morgan fingerprint density at radius 1 is 1.20 bits per heavy atom. The van der Waals surface area contributed by atoms with Crippen LogP contribution in [0.1, 0.15) is 11.1 Å². The van der Waals surface area contributed by atoms with Crippen molar-refractivity contribution in [2.24, 2.45) is 0 Å². The SMILES string of the molecule is Cc1[c-]c(C)cc(Br)c1.[Y+3]. The Morgan fingerprint density at radius 3 is 1.90 bits per heavy atom. The normalized spacial score (nSPS) is 8.70. The van der Waals surface area contributed by atoms with Crippen molar-refractivity contribution in [1.29, 1.82) is 0 Å². The third-order valence-electron chi connectivity index (χ3n) is 1.10. The first-order valence-corrected chi connectivity index (χ1v) is 3.64. The smallest absolute Gasteiger partial charge is 0.177 e. The fraction of sp³-hybridized carbons (Fsp3) is 0.250. The number of benzene rings is 1. The predicted octanol–water partition coefficient (Wildman–Crippen LogP) is 2.86. The third-order valence-corrected chi connectivity index (χ3v) is 1.56. The number of hydrogen-bond acceptors (Lipinski definition) is 0. The second-order valence-electron chi connectivity index (χ2n) is 2.16. The molecule has 0 aliphatic heterocycles. The maximum atomic E-state index is 3.39. The van der Waals surface area contributed by atoms with Gasteiger partial charge in [-0.25, -0.2) is 0 Å². The summed E-state index contributed by atoms with van der Waals surface area (Å²) in [6.45, 7) is 4.08. The van der Waals surface area contributed by atoms with E-state index in [-0.39, 0.29) is 32.7 Å². The van der Waals surface area contributed by atoms with Crippen molar-refractivity contribution >= 4 is 15.9 Å². The van der Waals surface area contributed by atoms with Gasteiger partial charge >= 0.3 is 32.7 Å². The van der Waals surface area contributed by atoms with Crippen LogP contribution in [0.2, 0.25) is 0 Å². The van der Waals surface area contributed by atoms with E-state index in [0.717, 1.165) is 4.47 Å². The fourth-order valence-corrected chi connectivity index (χ4v) is 1.53. The van der Waals surface area contributed by atoms with Crippen LogP contribution < -0.4 is 0 Å². The van der Waals surface area contributed by atoms with Gasteiger partial charge in [-0.3, -0.25) is 0 Å². The summed E-state index contributed by atoms with van der Waals surface area (Å²) < 4.78 is 1.14. The molecule has 2 heteroatoms. The Hall–Kier alpha value is 0.804. The van der Waals surface area contributed by atoms with Gasteiger partial charge in [-0.2, -0.15) is 29.3 Å². The molecule has 0 nitrogen and oxygen atoms in total. The number of halogens is 1. The van der Waals surface area contributed by atoms with E-state index in [1.807, 2.05) is 26.0 Å². The second-order valence-corrected chi connectivity index (χ2v) is 3.08. The molecule has 10 heavy (non-hydrogen) atoms. The molecular weight excluding hydrogens is 265 g/mol. The van der Waals surface area contributed by atoms with E-state index in [4.69, 9.17) is 0 Å². The Balaban J connectivity index is 0.000000810. The van der Waals surface area contributed by atoms with E-state index in [1.54, 1.807) is 0 Å². The Bertz CT molecular complexity index is 170. The number of rotatable bonds is 0. The molecular formula is C8H8BrY+2. The van der Waals surface area contributed by atoms with Crippen LogP contribution in [-0.4, -0.2) is 0 Å². The van der Waals surface area contributed by atoms with Gasteiger partial charge in [0.05, 0.1) is 0 Å². The molecule has 0 aliphatic carbocycles. The van der Waals surface area contributed by atoms with E-state index >= 15 is 0 Å². The first kappa shape index (κ1) is 10.8. The molecule has 0 radical (unpaired) electrons. The molecule has 0 unspecified atom stereocenters. The topological polar surface area (TPSA) is 0 Å². The van der Waals surface area contributed by atoms with Crippen molar-refractivity contribution in [3.8, 4) is 0 Å². The van der Waals surface area contributed by atoms with Crippen LogP contribution in [0.4, 0.5) is 0 Å². The van der Waals surface area contributed by atoms with Crippen LogP contribution in [0.5, 0.6) is 0 Å². The quantitative estimate of drug-likeness (QED) is 0.637. The summed E-state index contributed by atoms with van der Waals surface area (Å²) in [6, 6.07) is 7.28. The van der Waals surface area contributed by atoms with Crippen LogP contribution in [0.3, 0.4) is 0 Å². The summed E-state index contributed by atoms with van der Waals surface area (Å²) in [4.78, 5) is 0. The molecule has 0 fully saturated rings. The maximum absolute atomic E-state index is 3.39. The van der Waals surface area contributed by atoms with Crippen LogP contribution >= 0.6 is 15.9 Å². The average Bonchev–Trinajstić information content (AvgIpc) is 1.59. The zero-order valence-electron chi connectivity index (χ0n) is 6.11. The number of aryl methyl sites for hydroxylation is 2. The molecule has 0 atom stereocenters. The molecule has 0 aliphatic rings. The van der Waals surface area contributed by atoms with Crippen molar-refractivity contribution in [3.05, 3.63) is 33.8 Å². The van der Waals surface area contributed by atoms with Crippen molar-refractivity contribution < 1.29 is 32.7 Å². The van der Waals surface area contributed by atoms with Gasteiger partial charge in [0.1, 0.15) is 0 Å². The predicted molar refractivity (Wildman–Crippen MR) is 42.5 cm³/mol. The molecule has 0 bridgehead atoms. The molecule has 48 valence electrons. The molecule has 0 spiro atoms. The van der Waals surface area contributed by atoms with E-state index in [1.165, 1.54) is 11.1 Å². The number of hydrogen-bond donors (Lipinski definition) is 0. The Kier molecular flexibility index (Phi) is 5.01. The van der Waals surface area contributed by atoms with Crippen LogP contribution in [0.25, 0.3) is 0 Å². The van der Waals surface area contributed by atoms with Gasteiger partial charge in [-0.15, -0.1) is 0 Å². The summed E-state index contributed by atoms with van der Waals surface area (Å²) in [7, 11) is 0. The average molecular weight is 273 g/mol. The van der Waals surface area contributed by atoms with Gasteiger partial charge in [0, 0.05) is 0 Å². The van der Waals surface area contributed by atoms with Gasteiger partial charge in [0.2, 0.25) is 0 Å². The minimum absolute atomic E-state index is 0. The van der Waals surface area contributed by atoms with Crippen molar-refractivity contribution in [1.82, 2.24) is 0 Å². The summed E-state index contributed by atoms with van der Waals surface area (Å²) in [5.74, 6) is 0. The van der Waals surface area contributed by atoms with E-state index in [0.29, 0.717) is 0 Å². The maximum Gasteiger partial charge on any atom is 3.00 e. The summed E-state index contributed by atoms with van der Waals surface area (Å²) in [6.07, 6.45) is 0. The fourth-order valence-electron chi connectivity index (χ4n) is 0.839. The molecule has 0 heterocycles. The molecule has 0 saturated heterocycles. The summed E-state index contributed by atoms with van der Waals surface area (Å²) in [5, 5.41) is 0. The van der Waals surface area contributed by atoms with Gasteiger partial charge in [-0.05, 0) is 0 Å². The molecule has 1 aromatic rings. The van der Waals surface area contributed by atoms with Gasteiger partial charge < -0.3 is 0 Å². The summed E-state index contributed by atoms with van der Waals surface area (Å²) >= 11 is 3.39. The van der Waals surface area contributed by atoms with Gasteiger partial charge in [-0.1, -0.05) is 34.3 Å². The first-order chi connectivity index (χ1) is 4.18. The minimum Gasteiger partial charge on any atom is -0.177 e. The first-order valence-electron chi connectivity index (χ1n) is 2.84. The minimum atomic E-state index is 0. The molecule has 0 N–H and O–H groups in total. The van der Waals surface area contributed by atoms with Gasteiger partial charge in [0.15, 0.2) is 0 Å². The monoisotopic (exact) mass is 272 g/mol. The zero-order chi connectivity index (χ0) is 6.85. The van der Waals surface area contributed by atoms with Gasteiger partial charge in [0.25, 0.3) is 0 Å². The van der Waals surface area contributed by atoms with Crippen molar-refractivity contribution in [2.75, 3.05) is 0 Å². The standard InChI is InChI=1S/C8H8Br.Y/c1-6-3-7(2)5-8(9)4-6;/h4-5H,1-2H3;/q-1;+3. The second kappa shape index (κ2) is 4.64. The van der Waals surface area contributed by atoms with Crippen LogP contribution in [0, 0.1) is 19.9 Å². The van der Waals surface area contributed by atoms with E-state index in [2.05, 4.69) is 22.0 Å². The van der Waals surface area contributed by atoms with Crippen molar-refractivity contribution in [2.45, 2.75) is 13.8 Å². The third kappa shape index (κ3) is 3.27. The van der Waals surface area contributed by atoms with Crippen LogP contribution in [0.15, 0.2) is 16.6 Å². The Labute approximate surface area is 95.4 Å². The molecule has 0 aromatic heterocycles. The van der Waals surface area contributed by atoms with E-state index < -0.39 is 0 Å². The molecule has 0 saturated carbocycles. The molecule has 1 aromatic carbocycles. The summed E-state index contributed by atoms with van der Waals surface area (Å²) in [5.41, 5.74) is 2.36. The zero-order valence-corrected chi connectivity index (χ0v) is 10.5. The van der Waals surface area contributed by atoms with Crippen molar-refractivity contribution in [3.63, 3.8) is 0 Å².